The van der Waals surface area contributed by atoms with Gasteiger partial charge in [-0.1, -0.05) is 12.1 Å². The number of fused-ring (bicyclic) bond motifs is 1. The minimum atomic E-state index is -1.36. The Labute approximate surface area is 205 Å². The van der Waals surface area contributed by atoms with Gasteiger partial charge in [0.1, 0.15) is 17.1 Å². The normalized spacial score (nSPS) is 20.3. The van der Waals surface area contributed by atoms with E-state index in [1.165, 1.54) is 19.1 Å². The first-order valence-electron chi connectivity index (χ1n) is 12.3. The summed E-state index contributed by atoms with van der Waals surface area (Å²) in [5.74, 6) is -0.0689. The molecule has 1 amide bonds. The summed E-state index contributed by atoms with van der Waals surface area (Å²) in [6.07, 6.45) is 5.02. The molecule has 0 bridgehead atoms. The highest BCUT2D eigenvalue weighted by Gasteiger charge is 2.46. The molecule has 2 aromatic rings. The topological polar surface area (TPSA) is 83.5 Å². The lowest BCUT2D eigenvalue weighted by Gasteiger charge is -2.47. The molecule has 190 valence electrons. The van der Waals surface area contributed by atoms with Crippen LogP contribution in [-0.4, -0.2) is 46.0 Å². The maximum atomic E-state index is 14.3. The molecule has 3 atom stereocenters. The first-order chi connectivity index (χ1) is 16.5. The molecule has 4 rings (SSSR count). The van der Waals surface area contributed by atoms with E-state index in [0.29, 0.717) is 17.9 Å². The third kappa shape index (κ3) is 6.55. The summed E-state index contributed by atoms with van der Waals surface area (Å²) in [4.78, 5) is 16.3. The number of nitrogens with one attached hydrogen (secondary N) is 2. The molecule has 35 heavy (non-hydrogen) atoms. The Morgan fingerprint density at radius 2 is 2.09 bits per heavy atom. The van der Waals surface area contributed by atoms with Gasteiger partial charge in [0.25, 0.3) is 0 Å². The van der Waals surface area contributed by atoms with Gasteiger partial charge < -0.3 is 20.5 Å². The van der Waals surface area contributed by atoms with Gasteiger partial charge in [-0.05, 0) is 68.9 Å². The molecule has 0 saturated heterocycles. The van der Waals surface area contributed by atoms with Crippen molar-refractivity contribution < 1.29 is 23.4 Å². The molecule has 0 radical (unpaired) electrons. The largest absolute Gasteiger partial charge is 0.471 e. The van der Waals surface area contributed by atoms with E-state index in [1.54, 1.807) is 32.2 Å². The van der Waals surface area contributed by atoms with E-state index in [-0.39, 0.29) is 36.3 Å². The van der Waals surface area contributed by atoms with Crippen LogP contribution in [0.1, 0.15) is 69.2 Å². The maximum Gasteiger partial charge on any atom is 0.218 e. The zero-order valence-corrected chi connectivity index (χ0v) is 20.6. The van der Waals surface area contributed by atoms with Crippen molar-refractivity contribution in [3.8, 4) is 5.88 Å². The van der Waals surface area contributed by atoms with E-state index in [1.807, 2.05) is 6.07 Å². The molecule has 1 spiro atoms. The number of alkyl halides is 1. The summed E-state index contributed by atoms with van der Waals surface area (Å²) in [6.45, 7) is 4.69. The van der Waals surface area contributed by atoms with Crippen LogP contribution < -0.4 is 15.4 Å². The van der Waals surface area contributed by atoms with Crippen LogP contribution in [0.5, 0.6) is 5.88 Å². The van der Waals surface area contributed by atoms with E-state index in [4.69, 9.17) is 4.74 Å². The predicted octanol–water partition coefficient (Wildman–Crippen LogP) is 3.96. The van der Waals surface area contributed by atoms with Crippen molar-refractivity contribution in [2.45, 2.75) is 88.8 Å². The average Bonchev–Trinajstić information content (AvgIpc) is 2.74. The van der Waals surface area contributed by atoms with Crippen LogP contribution in [0.2, 0.25) is 0 Å². The second-order valence-corrected chi connectivity index (χ2v) is 10.6. The number of aromatic nitrogens is 1. The predicted molar refractivity (Wildman–Crippen MR) is 129 cm³/mol. The van der Waals surface area contributed by atoms with Crippen molar-refractivity contribution in [2.24, 2.45) is 0 Å². The van der Waals surface area contributed by atoms with Gasteiger partial charge in [-0.25, -0.2) is 13.8 Å². The zero-order chi connectivity index (χ0) is 25.2. The van der Waals surface area contributed by atoms with Crippen LogP contribution in [0.25, 0.3) is 0 Å². The first-order valence-corrected chi connectivity index (χ1v) is 12.3. The van der Waals surface area contributed by atoms with Gasteiger partial charge in [0.05, 0.1) is 12.1 Å². The minimum Gasteiger partial charge on any atom is -0.471 e. The molecular formula is C27H35F2N3O3. The highest BCUT2D eigenvalue weighted by molar-refractivity contribution is 5.73. The summed E-state index contributed by atoms with van der Waals surface area (Å²) in [7, 11) is 0. The number of ether oxygens (including phenoxy) is 1. The van der Waals surface area contributed by atoms with Crippen LogP contribution in [0, 0.1) is 5.82 Å². The number of aliphatic hydroxyl groups is 1. The van der Waals surface area contributed by atoms with Crippen molar-refractivity contribution in [1.29, 1.82) is 0 Å². The number of benzene rings is 1. The van der Waals surface area contributed by atoms with Crippen molar-refractivity contribution in [3.05, 3.63) is 59.0 Å². The number of carbonyl (C=O) groups excluding carboxylic acids is 1. The summed E-state index contributed by atoms with van der Waals surface area (Å²) >= 11 is 0. The molecule has 1 aromatic carbocycles. The molecule has 0 unspecified atom stereocenters. The fraction of sp³-hybridized carbons (Fsp3) is 0.556. The Morgan fingerprint density at radius 3 is 2.71 bits per heavy atom. The Balaban J connectivity index is 1.50. The number of hydrogen-bond acceptors (Lipinski definition) is 5. The van der Waals surface area contributed by atoms with Crippen molar-refractivity contribution in [3.63, 3.8) is 0 Å². The van der Waals surface area contributed by atoms with E-state index in [0.717, 1.165) is 36.8 Å². The van der Waals surface area contributed by atoms with Gasteiger partial charge >= 0.3 is 0 Å². The Hall–Kier alpha value is -2.58. The molecule has 1 saturated carbocycles. The minimum absolute atomic E-state index is 0.129. The first kappa shape index (κ1) is 25.5. The SMILES string of the molecule is CC(=O)N[C@@H](Cc1cccc(F)c1)[C@@H](O)CN[C@H]1CC2(CCC2)Oc2ncc(CC(C)(C)F)cc21. The van der Waals surface area contributed by atoms with Gasteiger partial charge in [-0.3, -0.25) is 4.79 Å². The van der Waals surface area contributed by atoms with Gasteiger partial charge in [0, 0.05) is 44.1 Å². The summed E-state index contributed by atoms with van der Waals surface area (Å²) in [6, 6.07) is 7.38. The third-order valence-corrected chi connectivity index (χ3v) is 6.86. The second kappa shape index (κ2) is 10.2. The average molecular weight is 488 g/mol. The summed E-state index contributed by atoms with van der Waals surface area (Å²) in [5.41, 5.74) is 0.719. The molecule has 1 aliphatic heterocycles. The van der Waals surface area contributed by atoms with Crippen molar-refractivity contribution in [2.75, 3.05) is 6.54 Å². The van der Waals surface area contributed by atoms with Crippen molar-refractivity contribution >= 4 is 5.91 Å². The summed E-state index contributed by atoms with van der Waals surface area (Å²) in [5, 5.41) is 17.3. The molecule has 1 fully saturated rings. The number of rotatable bonds is 9. The van der Waals surface area contributed by atoms with Gasteiger partial charge in [-0.15, -0.1) is 0 Å². The fourth-order valence-electron chi connectivity index (χ4n) is 5.09. The quantitative estimate of drug-likeness (QED) is 0.499. The smallest absolute Gasteiger partial charge is 0.218 e. The fourth-order valence-corrected chi connectivity index (χ4v) is 5.09. The van der Waals surface area contributed by atoms with Gasteiger partial charge in [-0.2, -0.15) is 0 Å². The highest BCUT2D eigenvalue weighted by atomic mass is 19.1. The number of carbonyl (C=O) groups is 1. The number of aliphatic hydroxyl groups excluding tert-OH is 1. The highest BCUT2D eigenvalue weighted by Crippen LogP contribution is 2.48. The Bertz CT molecular complexity index is 1050. The molecule has 1 aromatic heterocycles. The number of nitrogens with zero attached hydrogens (tertiary/aromatic N) is 1. The molecule has 2 heterocycles. The van der Waals surface area contributed by atoms with E-state index in [2.05, 4.69) is 15.6 Å². The molecule has 2 aliphatic rings. The molecular weight excluding hydrogens is 452 g/mol. The van der Waals surface area contributed by atoms with Gasteiger partial charge in [0.15, 0.2) is 0 Å². The lowest BCUT2D eigenvalue weighted by Crippen LogP contribution is -2.52. The number of pyridine rings is 1. The number of halogens is 2. The summed E-state index contributed by atoms with van der Waals surface area (Å²) < 4.78 is 34.2. The lowest BCUT2D eigenvalue weighted by atomic mass is 9.73. The molecule has 8 heteroatoms. The van der Waals surface area contributed by atoms with E-state index >= 15 is 0 Å². The molecule has 6 nitrogen and oxygen atoms in total. The molecule has 1 aliphatic carbocycles. The number of hydrogen-bond donors (Lipinski definition) is 3. The van der Waals surface area contributed by atoms with Gasteiger partial charge in [0.2, 0.25) is 11.8 Å². The van der Waals surface area contributed by atoms with Crippen LogP contribution in [-0.2, 0) is 17.6 Å². The Morgan fingerprint density at radius 1 is 1.31 bits per heavy atom. The van der Waals surface area contributed by atoms with E-state index in [9.17, 15) is 18.7 Å². The van der Waals surface area contributed by atoms with Crippen molar-refractivity contribution in [1.82, 2.24) is 15.6 Å². The monoisotopic (exact) mass is 487 g/mol. The molecule has 3 N–H and O–H groups in total. The van der Waals surface area contributed by atoms with Crippen LogP contribution in [0.4, 0.5) is 8.78 Å². The zero-order valence-electron chi connectivity index (χ0n) is 20.6. The Kier molecular flexibility index (Phi) is 7.43. The standard InChI is InChI=1S/C27H35F2N3O3/c1-17(33)32-22(12-18-6-4-7-20(28)10-18)24(34)16-30-23-14-27(8-5-9-27)35-25-21(23)11-19(15-31-25)13-26(2,3)29/h4,6-7,10-11,15,22-24,30,34H,5,8-9,12-14,16H2,1-3H3,(H,32,33)/t22-,23-,24-/m0/s1. The third-order valence-electron chi connectivity index (χ3n) is 6.86. The number of amides is 1. The maximum absolute atomic E-state index is 14.3. The lowest BCUT2D eigenvalue weighted by molar-refractivity contribution is -0.120. The second-order valence-electron chi connectivity index (χ2n) is 10.6. The van der Waals surface area contributed by atoms with E-state index < -0.39 is 17.8 Å². The van der Waals surface area contributed by atoms with Crippen LogP contribution >= 0.6 is 0 Å². The van der Waals surface area contributed by atoms with Crippen LogP contribution in [0.3, 0.4) is 0 Å². The van der Waals surface area contributed by atoms with Crippen LogP contribution in [0.15, 0.2) is 36.5 Å².